The third-order valence-corrected chi connectivity index (χ3v) is 9.70. The zero-order valence-corrected chi connectivity index (χ0v) is 34.2. The molecule has 2 N–H and O–H groups in total. The largest absolute Gasteiger partial charge is 0.426 e. The number of ether oxygens (including phenoxy) is 2. The fourth-order valence-electron chi connectivity index (χ4n) is 6.60. The highest BCUT2D eigenvalue weighted by atomic mass is 16.7. The maximum Gasteiger partial charge on any atom is 0.341 e. The molecule has 7 aromatic rings. The van der Waals surface area contributed by atoms with Gasteiger partial charge in [0, 0.05) is 47.5 Å². The molecule has 16 heteroatoms. The number of rotatable bonds is 16. The van der Waals surface area contributed by atoms with E-state index >= 15 is 0 Å². The minimum atomic E-state index is -1.07. The van der Waals surface area contributed by atoms with Crippen molar-refractivity contribution in [3.8, 4) is 33.9 Å². The molecule has 16 nitrogen and oxygen atoms in total. The lowest BCUT2D eigenvalue weighted by Gasteiger charge is -2.15. The zero-order valence-electron chi connectivity index (χ0n) is 34.2. The maximum atomic E-state index is 13.6. The number of aromatic nitrogens is 8. The van der Waals surface area contributed by atoms with Gasteiger partial charge < -0.3 is 20.1 Å². The number of benzene rings is 5. The number of carbonyl (C=O) groups is 4. The summed E-state index contributed by atoms with van der Waals surface area (Å²) < 4.78 is 10.2. The second-order valence-electron chi connectivity index (χ2n) is 14.2. The van der Waals surface area contributed by atoms with Crippen LogP contribution in [-0.4, -0.2) is 70.5 Å². The summed E-state index contributed by atoms with van der Waals surface area (Å²) in [6.07, 6.45) is 2.74. The molecule has 7 rings (SSSR count). The van der Waals surface area contributed by atoms with Crippen LogP contribution in [0.3, 0.4) is 0 Å². The summed E-state index contributed by atoms with van der Waals surface area (Å²) in [5, 5.41) is 33.1. The molecule has 5 aromatic carbocycles. The first-order chi connectivity index (χ1) is 29.6. The van der Waals surface area contributed by atoms with Crippen LogP contribution < -0.4 is 10.6 Å². The number of fused-ring (bicyclic) bond motifs is 1. The quantitative estimate of drug-likeness (QED) is 0.0705. The average molecular weight is 821 g/mol. The van der Waals surface area contributed by atoms with E-state index in [2.05, 4.69) is 55.3 Å². The Morgan fingerprint density at radius 3 is 1.70 bits per heavy atom. The molecular formula is C45H44N10O6. The van der Waals surface area contributed by atoms with Crippen molar-refractivity contribution in [1.29, 1.82) is 0 Å². The molecule has 0 aliphatic heterocycles. The van der Waals surface area contributed by atoms with E-state index in [1.54, 1.807) is 70.3 Å². The van der Waals surface area contributed by atoms with Gasteiger partial charge in [-0.15, -0.1) is 20.4 Å². The number of carbonyl (C=O) groups excluding carboxylic acids is 4. The molecule has 0 bridgehead atoms. The van der Waals surface area contributed by atoms with E-state index in [0.717, 1.165) is 36.8 Å². The van der Waals surface area contributed by atoms with Gasteiger partial charge in [-0.05, 0) is 99.8 Å². The van der Waals surface area contributed by atoms with Gasteiger partial charge in [-0.3, -0.25) is 14.4 Å². The van der Waals surface area contributed by atoms with Gasteiger partial charge in [-0.2, -0.15) is 9.59 Å². The molecule has 2 heterocycles. The number of esters is 2. The number of nitrogens with zero attached hydrogens (tertiary/aromatic N) is 8. The molecule has 0 radical (unpaired) electrons. The van der Waals surface area contributed by atoms with Crippen molar-refractivity contribution < 1.29 is 28.7 Å². The number of nitrogens with one attached hydrogen (secondary N) is 2. The van der Waals surface area contributed by atoms with Crippen molar-refractivity contribution in [2.45, 2.75) is 72.8 Å². The Labute approximate surface area is 351 Å². The van der Waals surface area contributed by atoms with Crippen LogP contribution in [0.25, 0.3) is 44.7 Å². The van der Waals surface area contributed by atoms with Crippen LogP contribution in [0, 0.1) is 0 Å². The van der Waals surface area contributed by atoms with Crippen LogP contribution >= 0.6 is 0 Å². The van der Waals surface area contributed by atoms with Crippen LogP contribution in [0.2, 0.25) is 0 Å². The molecular weight excluding hydrogens is 777 g/mol. The Kier molecular flexibility index (Phi) is 12.9. The van der Waals surface area contributed by atoms with Crippen LogP contribution in [-0.2, 0) is 27.4 Å². The lowest BCUT2D eigenvalue weighted by Crippen LogP contribution is -2.21. The second kappa shape index (κ2) is 19.0. The summed E-state index contributed by atoms with van der Waals surface area (Å²) in [4.78, 5) is 54.4. The minimum Gasteiger partial charge on any atom is -0.426 e. The van der Waals surface area contributed by atoms with E-state index in [1.807, 2.05) is 36.4 Å². The molecule has 0 aliphatic carbocycles. The molecule has 1 atom stereocenters. The third-order valence-electron chi connectivity index (χ3n) is 9.70. The van der Waals surface area contributed by atoms with E-state index in [9.17, 15) is 19.2 Å². The number of unbranched alkanes of at least 4 members (excludes halogenated alkanes) is 2. The van der Waals surface area contributed by atoms with Crippen molar-refractivity contribution in [3.05, 3.63) is 120 Å². The molecule has 0 saturated heterocycles. The first-order valence-electron chi connectivity index (χ1n) is 20.0. The third kappa shape index (κ3) is 9.99. The summed E-state index contributed by atoms with van der Waals surface area (Å²) >= 11 is 0. The van der Waals surface area contributed by atoms with Crippen molar-refractivity contribution in [2.24, 2.45) is 0 Å². The number of tetrazole rings is 2. The topological polar surface area (TPSA) is 198 Å². The highest BCUT2D eigenvalue weighted by Crippen LogP contribution is 2.30. The van der Waals surface area contributed by atoms with E-state index in [1.165, 1.54) is 19.9 Å². The SMILES string of the molecule is CCCCn1nnc(-c2ccc(C(=O)Nc3ccc(-c4ccc(NC(=O)c5ccc(C(=O)OC(C)OC(C)=O)c6ccccc56)cc4)cc3)cc2-c2nnn(CCCC)n2)n1. The Balaban J connectivity index is 1.02. The normalized spacial score (nSPS) is 11.5. The standard InChI is InChI=1S/C45H44N10O6/c1-5-7-25-54-50-41(48-52-54)37-22-17-32(27-40(37)42-49-53-55(51-42)26-8-6-2)43(57)46-33-18-13-30(14-19-33)31-15-20-34(21-16-31)47-44(58)38-23-24-39(36-12-10-9-11-35(36)38)45(59)61-29(4)60-28(3)56/h9-24,27,29H,5-8,25-26H2,1-4H3,(H,46,57)(H,47,58). The van der Waals surface area contributed by atoms with Crippen LogP contribution in [0.5, 0.6) is 0 Å². The summed E-state index contributed by atoms with van der Waals surface area (Å²) in [5.74, 6) is -1.18. The van der Waals surface area contributed by atoms with Gasteiger partial charge in [0.15, 0.2) is 0 Å². The van der Waals surface area contributed by atoms with Crippen LogP contribution in [0.15, 0.2) is 103 Å². The predicted molar refractivity (Wildman–Crippen MR) is 228 cm³/mol. The average Bonchev–Trinajstić information content (AvgIpc) is 3.95. The molecule has 0 fully saturated rings. The van der Waals surface area contributed by atoms with Gasteiger partial charge in [-0.25, -0.2) is 4.79 Å². The zero-order chi connectivity index (χ0) is 42.9. The van der Waals surface area contributed by atoms with Gasteiger partial charge in [0.25, 0.3) is 11.8 Å². The Morgan fingerprint density at radius 1 is 0.623 bits per heavy atom. The Bertz CT molecular complexity index is 2690. The number of aryl methyl sites for hydroxylation is 2. The van der Waals surface area contributed by atoms with E-state index < -0.39 is 18.2 Å². The van der Waals surface area contributed by atoms with E-state index in [-0.39, 0.29) is 17.4 Å². The summed E-state index contributed by atoms with van der Waals surface area (Å²) in [6, 6.07) is 30.1. The molecule has 61 heavy (non-hydrogen) atoms. The Morgan fingerprint density at radius 2 is 1.15 bits per heavy atom. The molecule has 2 aromatic heterocycles. The smallest absolute Gasteiger partial charge is 0.341 e. The van der Waals surface area contributed by atoms with Crippen LogP contribution in [0.1, 0.15) is 84.5 Å². The molecule has 0 aliphatic rings. The summed E-state index contributed by atoms with van der Waals surface area (Å²) in [5.41, 5.74) is 5.16. The minimum absolute atomic E-state index is 0.235. The first-order valence-corrected chi connectivity index (χ1v) is 20.0. The van der Waals surface area contributed by atoms with Gasteiger partial charge in [0.1, 0.15) is 0 Å². The summed E-state index contributed by atoms with van der Waals surface area (Å²) in [7, 11) is 0. The number of hydrogen-bond acceptors (Lipinski definition) is 12. The molecule has 310 valence electrons. The van der Waals surface area contributed by atoms with Gasteiger partial charge in [0.05, 0.1) is 18.7 Å². The number of anilines is 2. The predicted octanol–water partition coefficient (Wildman–Crippen LogP) is 7.98. The number of amides is 2. The summed E-state index contributed by atoms with van der Waals surface area (Å²) in [6.45, 7) is 8.14. The molecule has 0 saturated carbocycles. The van der Waals surface area contributed by atoms with Crippen molar-refractivity contribution in [3.63, 3.8) is 0 Å². The number of hydrogen-bond donors (Lipinski definition) is 2. The molecule has 0 spiro atoms. The molecule has 1 unspecified atom stereocenters. The van der Waals surface area contributed by atoms with Crippen molar-refractivity contribution in [2.75, 3.05) is 10.6 Å². The highest BCUT2D eigenvalue weighted by Gasteiger charge is 2.22. The fourth-order valence-corrected chi connectivity index (χ4v) is 6.60. The van der Waals surface area contributed by atoms with Gasteiger partial charge >= 0.3 is 11.9 Å². The lowest BCUT2D eigenvalue weighted by molar-refractivity contribution is -0.162. The van der Waals surface area contributed by atoms with E-state index in [4.69, 9.17) is 9.47 Å². The molecule has 2 amide bonds. The van der Waals surface area contributed by atoms with Gasteiger partial charge in [0.2, 0.25) is 17.9 Å². The Hall–Kier alpha value is -7.62. The maximum absolute atomic E-state index is 13.6. The van der Waals surface area contributed by atoms with Crippen molar-refractivity contribution in [1.82, 2.24) is 40.4 Å². The fraction of sp³-hybridized carbons (Fsp3) is 0.244. The van der Waals surface area contributed by atoms with Crippen molar-refractivity contribution >= 4 is 45.9 Å². The van der Waals surface area contributed by atoms with E-state index in [0.29, 0.717) is 69.1 Å². The monoisotopic (exact) mass is 820 g/mol. The second-order valence-corrected chi connectivity index (χ2v) is 14.2. The first kappa shape index (κ1) is 41.5. The van der Waals surface area contributed by atoms with Gasteiger partial charge in [-0.1, -0.05) is 75.2 Å². The van der Waals surface area contributed by atoms with Crippen LogP contribution in [0.4, 0.5) is 11.4 Å². The highest BCUT2D eigenvalue weighted by molar-refractivity contribution is 6.16. The lowest BCUT2D eigenvalue weighted by atomic mass is 9.99.